The van der Waals surface area contributed by atoms with E-state index >= 15 is 0 Å². The Morgan fingerprint density at radius 2 is 1.59 bits per heavy atom. The summed E-state index contributed by atoms with van der Waals surface area (Å²) < 4.78 is 0. The van der Waals surface area contributed by atoms with Gasteiger partial charge in [0, 0.05) is 0 Å². The van der Waals surface area contributed by atoms with Crippen molar-refractivity contribution in [3.05, 3.63) is 35.4 Å². The molecule has 94 valence electrons. The van der Waals surface area contributed by atoms with Gasteiger partial charge in [0.05, 0.1) is 6.10 Å². The molecule has 1 fully saturated rings. The molecule has 1 aromatic rings. The van der Waals surface area contributed by atoms with E-state index in [4.69, 9.17) is 0 Å². The summed E-state index contributed by atoms with van der Waals surface area (Å²) in [7, 11) is 0. The number of benzene rings is 1. The van der Waals surface area contributed by atoms with Gasteiger partial charge in [0.1, 0.15) is 0 Å². The van der Waals surface area contributed by atoms with Crippen molar-refractivity contribution in [2.45, 2.75) is 58.0 Å². The summed E-state index contributed by atoms with van der Waals surface area (Å²) in [6, 6.07) is 9.12. The summed E-state index contributed by atoms with van der Waals surface area (Å²) in [6.45, 7) is 2.22. The van der Waals surface area contributed by atoms with Crippen LogP contribution in [0.15, 0.2) is 24.3 Å². The SMILES string of the molecule is CCCc1ccc(CC2CCC(O)CC2)cc1. The first-order chi connectivity index (χ1) is 8.28. The van der Waals surface area contributed by atoms with Gasteiger partial charge in [-0.3, -0.25) is 0 Å². The van der Waals surface area contributed by atoms with Gasteiger partial charge in [0.25, 0.3) is 0 Å². The highest BCUT2D eigenvalue weighted by Gasteiger charge is 2.19. The minimum absolute atomic E-state index is 0.0295. The van der Waals surface area contributed by atoms with E-state index in [0.29, 0.717) is 0 Å². The third-order valence-electron chi connectivity index (χ3n) is 3.90. The van der Waals surface area contributed by atoms with Crippen LogP contribution >= 0.6 is 0 Å². The Balaban J connectivity index is 1.86. The van der Waals surface area contributed by atoms with E-state index in [1.54, 1.807) is 0 Å². The van der Waals surface area contributed by atoms with Crippen LogP contribution in [0.1, 0.15) is 50.2 Å². The van der Waals surface area contributed by atoms with Gasteiger partial charge in [0.2, 0.25) is 0 Å². The molecule has 1 aliphatic rings. The molecule has 0 amide bonds. The van der Waals surface area contributed by atoms with Gasteiger partial charge in [-0.1, -0.05) is 37.6 Å². The summed E-state index contributed by atoms with van der Waals surface area (Å²) in [5.74, 6) is 0.787. The van der Waals surface area contributed by atoms with Crippen LogP contribution in [-0.4, -0.2) is 11.2 Å². The Kier molecular flexibility index (Phi) is 4.61. The molecule has 17 heavy (non-hydrogen) atoms. The van der Waals surface area contributed by atoms with E-state index in [2.05, 4.69) is 31.2 Å². The van der Waals surface area contributed by atoms with Crippen LogP contribution in [0.5, 0.6) is 0 Å². The van der Waals surface area contributed by atoms with Crippen molar-refractivity contribution in [2.75, 3.05) is 0 Å². The molecule has 1 nitrogen and oxygen atoms in total. The Bertz CT molecular complexity index is 320. The second kappa shape index (κ2) is 6.20. The number of aryl methyl sites for hydroxylation is 1. The fourth-order valence-electron chi connectivity index (χ4n) is 2.81. The Morgan fingerprint density at radius 3 is 2.18 bits per heavy atom. The van der Waals surface area contributed by atoms with Crippen molar-refractivity contribution >= 4 is 0 Å². The number of hydrogen-bond acceptors (Lipinski definition) is 1. The van der Waals surface area contributed by atoms with Gasteiger partial charge < -0.3 is 5.11 Å². The summed E-state index contributed by atoms with van der Waals surface area (Å²) in [5.41, 5.74) is 2.92. The summed E-state index contributed by atoms with van der Waals surface area (Å²) in [4.78, 5) is 0. The standard InChI is InChI=1S/C16H24O/c1-2-3-13-4-6-14(7-5-13)12-15-8-10-16(17)11-9-15/h4-7,15-17H,2-3,8-12H2,1H3. The van der Waals surface area contributed by atoms with E-state index in [1.807, 2.05) is 0 Å². The van der Waals surface area contributed by atoms with E-state index in [-0.39, 0.29) is 6.10 Å². The molecule has 1 aromatic carbocycles. The van der Waals surface area contributed by atoms with Gasteiger partial charge in [-0.2, -0.15) is 0 Å². The lowest BCUT2D eigenvalue weighted by molar-refractivity contribution is 0.109. The molecule has 1 N–H and O–H groups in total. The zero-order valence-corrected chi connectivity index (χ0v) is 10.9. The highest BCUT2D eigenvalue weighted by Crippen LogP contribution is 2.27. The van der Waals surface area contributed by atoms with Crippen LogP contribution in [0.4, 0.5) is 0 Å². The molecule has 0 aliphatic heterocycles. The molecule has 2 rings (SSSR count). The van der Waals surface area contributed by atoms with Gasteiger partial charge in [-0.05, 0) is 55.6 Å². The fraction of sp³-hybridized carbons (Fsp3) is 0.625. The quantitative estimate of drug-likeness (QED) is 0.838. The van der Waals surface area contributed by atoms with Crippen molar-refractivity contribution in [1.29, 1.82) is 0 Å². The molecule has 1 heteroatoms. The molecular weight excluding hydrogens is 208 g/mol. The monoisotopic (exact) mass is 232 g/mol. The van der Waals surface area contributed by atoms with Crippen molar-refractivity contribution in [3.8, 4) is 0 Å². The first-order valence-electron chi connectivity index (χ1n) is 7.04. The summed E-state index contributed by atoms with van der Waals surface area (Å²) >= 11 is 0. The smallest absolute Gasteiger partial charge is 0.0540 e. The van der Waals surface area contributed by atoms with E-state index < -0.39 is 0 Å². The first-order valence-corrected chi connectivity index (χ1v) is 7.04. The molecule has 1 saturated carbocycles. The third kappa shape index (κ3) is 3.85. The van der Waals surface area contributed by atoms with Gasteiger partial charge in [0.15, 0.2) is 0 Å². The zero-order chi connectivity index (χ0) is 12.1. The lowest BCUT2D eigenvalue weighted by atomic mass is 9.83. The Morgan fingerprint density at radius 1 is 1.00 bits per heavy atom. The highest BCUT2D eigenvalue weighted by atomic mass is 16.3. The molecule has 1 aliphatic carbocycles. The van der Waals surface area contributed by atoms with Crippen LogP contribution in [0.3, 0.4) is 0 Å². The molecule has 0 bridgehead atoms. The zero-order valence-electron chi connectivity index (χ0n) is 10.9. The van der Waals surface area contributed by atoms with E-state index in [9.17, 15) is 5.11 Å². The number of aliphatic hydroxyl groups is 1. The topological polar surface area (TPSA) is 20.2 Å². The molecule has 0 heterocycles. The van der Waals surface area contributed by atoms with Gasteiger partial charge in [-0.25, -0.2) is 0 Å². The van der Waals surface area contributed by atoms with Crippen LogP contribution in [-0.2, 0) is 12.8 Å². The molecule has 0 atom stereocenters. The van der Waals surface area contributed by atoms with Crippen molar-refractivity contribution < 1.29 is 5.11 Å². The maximum absolute atomic E-state index is 9.49. The number of rotatable bonds is 4. The summed E-state index contributed by atoms with van der Waals surface area (Å²) in [5, 5.41) is 9.49. The number of aliphatic hydroxyl groups excluding tert-OH is 1. The highest BCUT2D eigenvalue weighted by molar-refractivity contribution is 5.23. The second-order valence-electron chi connectivity index (χ2n) is 5.45. The lowest BCUT2D eigenvalue weighted by Gasteiger charge is -2.25. The van der Waals surface area contributed by atoms with Crippen LogP contribution in [0.2, 0.25) is 0 Å². The Hall–Kier alpha value is -0.820. The largest absolute Gasteiger partial charge is 0.393 e. The fourth-order valence-corrected chi connectivity index (χ4v) is 2.81. The minimum atomic E-state index is -0.0295. The third-order valence-corrected chi connectivity index (χ3v) is 3.90. The molecule has 0 radical (unpaired) electrons. The normalized spacial score (nSPS) is 24.8. The molecule has 0 saturated heterocycles. The van der Waals surface area contributed by atoms with Crippen molar-refractivity contribution in [3.63, 3.8) is 0 Å². The molecule has 0 unspecified atom stereocenters. The molecule has 0 spiro atoms. The van der Waals surface area contributed by atoms with Gasteiger partial charge >= 0.3 is 0 Å². The maximum Gasteiger partial charge on any atom is 0.0540 e. The van der Waals surface area contributed by atoms with Crippen LogP contribution in [0, 0.1) is 5.92 Å². The average Bonchev–Trinajstić information content (AvgIpc) is 2.35. The Labute approximate surface area is 105 Å². The predicted octanol–water partition coefficient (Wildman–Crippen LogP) is 3.73. The second-order valence-corrected chi connectivity index (χ2v) is 5.45. The average molecular weight is 232 g/mol. The first kappa shape index (κ1) is 12.6. The lowest BCUT2D eigenvalue weighted by Crippen LogP contribution is -2.19. The number of hydrogen-bond donors (Lipinski definition) is 1. The van der Waals surface area contributed by atoms with Crippen molar-refractivity contribution in [2.24, 2.45) is 5.92 Å². The van der Waals surface area contributed by atoms with Crippen LogP contribution in [0.25, 0.3) is 0 Å². The van der Waals surface area contributed by atoms with Crippen molar-refractivity contribution in [1.82, 2.24) is 0 Å². The van der Waals surface area contributed by atoms with Gasteiger partial charge in [-0.15, -0.1) is 0 Å². The molecule has 0 aromatic heterocycles. The van der Waals surface area contributed by atoms with E-state index in [0.717, 1.165) is 18.8 Å². The van der Waals surface area contributed by atoms with Crippen LogP contribution < -0.4 is 0 Å². The predicted molar refractivity (Wildman–Crippen MR) is 72.1 cm³/mol. The molecular formula is C16H24O. The minimum Gasteiger partial charge on any atom is -0.393 e. The van der Waals surface area contributed by atoms with E-state index in [1.165, 1.54) is 43.2 Å². The maximum atomic E-state index is 9.49. The summed E-state index contributed by atoms with van der Waals surface area (Å²) in [6.07, 6.45) is 7.96.